The summed E-state index contributed by atoms with van der Waals surface area (Å²) >= 11 is 0. The summed E-state index contributed by atoms with van der Waals surface area (Å²) in [7, 11) is 0. The van der Waals surface area contributed by atoms with Crippen LogP contribution in [0, 0.1) is 13.8 Å². The van der Waals surface area contributed by atoms with Crippen LogP contribution < -0.4 is 10.9 Å². The predicted octanol–water partition coefficient (Wildman–Crippen LogP) is 3.63. The maximum atomic E-state index is 12.8. The molecule has 0 saturated carbocycles. The SMILES string of the molecule is CCC(CC)n1ncc2c(C(=O)NCc3c(C)cc(C)[nH]c3=O)cccc21. The maximum absolute atomic E-state index is 12.8. The van der Waals surface area contributed by atoms with E-state index in [2.05, 4.69) is 29.2 Å². The highest BCUT2D eigenvalue weighted by Crippen LogP contribution is 2.24. The van der Waals surface area contributed by atoms with Gasteiger partial charge in [0.05, 0.1) is 23.3 Å². The highest BCUT2D eigenvalue weighted by molar-refractivity contribution is 6.06. The second-order valence-electron chi connectivity index (χ2n) is 6.92. The zero-order valence-corrected chi connectivity index (χ0v) is 16.3. The van der Waals surface area contributed by atoms with Gasteiger partial charge in [0.25, 0.3) is 11.5 Å². The zero-order valence-electron chi connectivity index (χ0n) is 16.3. The molecule has 2 heterocycles. The average Bonchev–Trinajstić information content (AvgIpc) is 3.06. The second kappa shape index (κ2) is 7.78. The molecule has 2 aromatic heterocycles. The number of carbonyl (C=O) groups is 1. The molecular weight excluding hydrogens is 340 g/mol. The molecule has 0 aliphatic rings. The van der Waals surface area contributed by atoms with Gasteiger partial charge >= 0.3 is 0 Å². The van der Waals surface area contributed by atoms with Crippen LogP contribution in [0.25, 0.3) is 10.9 Å². The van der Waals surface area contributed by atoms with Crippen molar-refractivity contribution in [2.75, 3.05) is 0 Å². The minimum absolute atomic E-state index is 0.160. The van der Waals surface area contributed by atoms with Gasteiger partial charge in [-0.1, -0.05) is 19.9 Å². The predicted molar refractivity (Wildman–Crippen MR) is 107 cm³/mol. The highest BCUT2D eigenvalue weighted by Gasteiger charge is 2.17. The third kappa shape index (κ3) is 3.65. The second-order valence-corrected chi connectivity index (χ2v) is 6.92. The van der Waals surface area contributed by atoms with Gasteiger partial charge in [0, 0.05) is 23.2 Å². The van der Waals surface area contributed by atoms with E-state index in [-0.39, 0.29) is 18.0 Å². The van der Waals surface area contributed by atoms with E-state index in [9.17, 15) is 9.59 Å². The van der Waals surface area contributed by atoms with Gasteiger partial charge in [0.2, 0.25) is 0 Å². The van der Waals surface area contributed by atoms with E-state index in [1.54, 1.807) is 12.3 Å². The number of hydrogen-bond acceptors (Lipinski definition) is 3. The Kier molecular flexibility index (Phi) is 5.44. The molecule has 1 aromatic carbocycles. The molecule has 27 heavy (non-hydrogen) atoms. The first kappa shape index (κ1) is 18.9. The monoisotopic (exact) mass is 366 g/mol. The Bertz CT molecular complexity index is 1030. The van der Waals surface area contributed by atoms with Gasteiger partial charge in [-0.15, -0.1) is 0 Å². The quantitative estimate of drug-likeness (QED) is 0.699. The molecular formula is C21H26N4O2. The van der Waals surface area contributed by atoms with Crippen LogP contribution in [0.5, 0.6) is 0 Å². The first-order valence-corrected chi connectivity index (χ1v) is 9.40. The molecule has 0 spiro atoms. The molecule has 1 amide bonds. The van der Waals surface area contributed by atoms with Gasteiger partial charge in [-0.05, 0) is 50.5 Å². The Morgan fingerprint density at radius 3 is 2.67 bits per heavy atom. The number of benzene rings is 1. The first-order chi connectivity index (χ1) is 13.0. The van der Waals surface area contributed by atoms with Crippen LogP contribution in [0.1, 0.15) is 59.9 Å². The maximum Gasteiger partial charge on any atom is 0.253 e. The number of fused-ring (bicyclic) bond motifs is 1. The standard InChI is InChI=1S/C21H26N4O2/c1-5-15(6-2)25-19-9-7-8-16(18(19)12-23-25)20(26)22-11-17-13(3)10-14(4)24-21(17)27/h7-10,12,15H,5-6,11H2,1-4H3,(H,22,26)(H,24,27). The summed E-state index contributed by atoms with van der Waals surface area (Å²) in [6.07, 6.45) is 3.73. The summed E-state index contributed by atoms with van der Waals surface area (Å²) in [4.78, 5) is 27.7. The van der Waals surface area contributed by atoms with Crippen molar-refractivity contribution in [3.63, 3.8) is 0 Å². The van der Waals surface area contributed by atoms with Crippen molar-refractivity contribution in [2.24, 2.45) is 0 Å². The number of amides is 1. The summed E-state index contributed by atoms with van der Waals surface area (Å²) < 4.78 is 2.00. The van der Waals surface area contributed by atoms with Gasteiger partial charge in [-0.25, -0.2) is 0 Å². The normalized spacial score (nSPS) is 11.3. The van der Waals surface area contributed by atoms with Gasteiger partial charge in [0.1, 0.15) is 0 Å². The molecule has 0 fully saturated rings. The number of rotatable bonds is 6. The molecule has 0 unspecified atom stereocenters. The van der Waals surface area contributed by atoms with Crippen molar-refractivity contribution in [3.8, 4) is 0 Å². The Morgan fingerprint density at radius 1 is 1.26 bits per heavy atom. The van der Waals surface area contributed by atoms with Crippen LogP contribution >= 0.6 is 0 Å². The highest BCUT2D eigenvalue weighted by atomic mass is 16.1. The molecule has 0 aliphatic heterocycles. The third-order valence-electron chi connectivity index (χ3n) is 5.09. The van der Waals surface area contributed by atoms with Gasteiger partial charge < -0.3 is 10.3 Å². The lowest BCUT2D eigenvalue weighted by molar-refractivity contribution is 0.0952. The number of pyridine rings is 1. The Labute approximate surface area is 158 Å². The lowest BCUT2D eigenvalue weighted by atomic mass is 10.1. The lowest BCUT2D eigenvalue weighted by Gasteiger charge is -2.14. The number of aromatic amines is 1. The molecule has 0 aliphatic carbocycles. The number of nitrogens with zero attached hydrogens (tertiary/aromatic N) is 2. The fourth-order valence-corrected chi connectivity index (χ4v) is 3.56. The van der Waals surface area contributed by atoms with E-state index >= 15 is 0 Å². The fraction of sp³-hybridized carbons (Fsp3) is 0.381. The molecule has 3 aromatic rings. The number of aryl methyl sites for hydroxylation is 2. The first-order valence-electron chi connectivity index (χ1n) is 9.40. The summed E-state index contributed by atoms with van der Waals surface area (Å²) in [6.45, 7) is 8.19. The van der Waals surface area contributed by atoms with Crippen LogP contribution in [-0.2, 0) is 6.54 Å². The van der Waals surface area contributed by atoms with Crippen molar-refractivity contribution < 1.29 is 4.79 Å². The van der Waals surface area contributed by atoms with Crippen LogP contribution in [0.15, 0.2) is 35.3 Å². The summed E-state index contributed by atoms with van der Waals surface area (Å²) in [5.74, 6) is -0.205. The van der Waals surface area contributed by atoms with Crippen LogP contribution in [0.4, 0.5) is 0 Å². The van der Waals surface area contributed by atoms with Crippen molar-refractivity contribution >= 4 is 16.8 Å². The summed E-state index contributed by atoms with van der Waals surface area (Å²) in [5.41, 5.74) is 3.63. The van der Waals surface area contributed by atoms with Crippen molar-refractivity contribution in [1.29, 1.82) is 0 Å². The third-order valence-corrected chi connectivity index (χ3v) is 5.09. The Balaban J connectivity index is 1.88. The summed E-state index contributed by atoms with van der Waals surface area (Å²) in [6, 6.07) is 7.88. The zero-order chi connectivity index (χ0) is 19.6. The topological polar surface area (TPSA) is 79.8 Å². The lowest BCUT2D eigenvalue weighted by Crippen LogP contribution is -2.28. The fourth-order valence-electron chi connectivity index (χ4n) is 3.56. The number of hydrogen-bond donors (Lipinski definition) is 2. The minimum atomic E-state index is -0.205. The number of carbonyl (C=O) groups excluding carboxylic acids is 1. The van der Waals surface area contributed by atoms with Gasteiger partial charge in [-0.3, -0.25) is 14.3 Å². The van der Waals surface area contributed by atoms with E-state index in [1.807, 2.05) is 36.7 Å². The van der Waals surface area contributed by atoms with Crippen molar-refractivity contribution in [2.45, 2.75) is 53.1 Å². The largest absolute Gasteiger partial charge is 0.348 e. The molecule has 0 radical (unpaired) electrons. The van der Waals surface area contributed by atoms with Crippen molar-refractivity contribution in [1.82, 2.24) is 20.1 Å². The van der Waals surface area contributed by atoms with Crippen LogP contribution in [0.2, 0.25) is 0 Å². The molecule has 2 N–H and O–H groups in total. The number of H-pyrrole nitrogens is 1. The smallest absolute Gasteiger partial charge is 0.253 e. The molecule has 6 nitrogen and oxygen atoms in total. The van der Waals surface area contributed by atoms with Crippen LogP contribution in [0.3, 0.4) is 0 Å². The average molecular weight is 366 g/mol. The molecule has 0 saturated heterocycles. The Morgan fingerprint density at radius 2 is 2.00 bits per heavy atom. The van der Waals surface area contributed by atoms with Crippen LogP contribution in [-0.4, -0.2) is 20.7 Å². The number of nitrogens with one attached hydrogen (secondary N) is 2. The number of aromatic nitrogens is 3. The van der Waals surface area contributed by atoms with Crippen molar-refractivity contribution in [3.05, 3.63) is 63.2 Å². The minimum Gasteiger partial charge on any atom is -0.348 e. The molecule has 0 bridgehead atoms. The van der Waals surface area contributed by atoms with Gasteiger partial charge in [0.15, 0.2) is 0 Å². The summed E-state index contributed by atoms with van der Waals surface area (Å²) in [5, 5.41) is 8.23. The van der Waals surface area contributed by atoms with E-state index in [4.69, 9.17) is 0 Å². The van der Waals surface area contributed by atoms with E-state index in [1.165, 1.54) is 0 Å². The van der Waals surface area contributed by atoms with E-state index < -0.39 is 0 Å². The molecule has 3 rings (SSSR count). The van der Waals surface area contributed by atoms with E-state index in [0.29, 0.717) is 17.2 Å². The Hall–Kier alpha value is -2.89. The molecule has 142 valence electrons. The molecule has 6 heteroatoms. The van der Waals surface area contributed by atoms with E-state index in [0.717, 1.165) is 35.0 Å². The van der Waals surface area contributed by atoms with Gasteiger partial charge in [-0.2, -0.15) is 5.10 Å². The molecule has 0 atom stereocenters.